The first-order chi connectivity index (χ1) is 10.1. The second-order valence-electron chi connectivity index (χ2n) is 7.28. The third-order valence-electron chi connectivity index (χ3n) is 4.86. The van der Waals surface area contributed by atoms with E-state index in [9.17, 15) is 9.59 Å². The van der Waals surface area contributed by atoms with E-state index >= 15 is 0 Å². The van der Waals surface area contributed by atoms with E-state index < -0.39 is 11.9 Å². The molecule has 0 saturated heterocycles. The van der Waals surface area contributed by atoms with Crippen molar-refractivity contribution >= 4 is 11.9 Å². The van der Waals surface area contributed by atoms with Gasteiger partial charge in [-0.25, -0.2) is 0 Å². The molecule has 2 aliphatic rings. The molecule has 3 heteroatoms. The Kier molecular flexibility index (Phi) is 6.58. The van der Waals surface area contributed by atoms with Crippen molar-refractivity contribution in [1.82, 2.24) is 0 Å². The number of rotatable bonds is 0. The lowest BCUT2D eigenvalue weighted by Crippen LogP contribution is -2.44. The first-order valence-corrected chi connectivity index (χ1v) is 8.15. The van der Waals surface area contributed by atoms with Crippen LogP contribution in [0.3, 0.4) is 0 Å². The lowest BCUT2D eigenvalue weighted by atomic mass is 9.52. The van der Waals surface area contributed by atoms with Crippen LogP contribution in [0.25, 0.3) is 0 Å². The molecule has 0 spiro atoms. The molecule has 0 aliphatic heterocycles. The highest BCUT2D eigenvalue weighted by atomic mass is 16.6. The van der Waals surface area contributed by atoms with Crippen LogP contribution in [0.4, 0.5) is 0 Å². The summed E-state index contributed by atoms with van der Waals surface area (Å²) in [5.41, 5.74) is 3.68. The molecule has 2 aliphatic carbocycles. The van der Waals surface area contributed by atoms with Crippen LogP contribution in [0, 0.1) is 17.3 Å². The zero-order valence-corrected chi connectivity index (χ0v) is 14.7. The molecular weight excluding hydrogens is 276 g/mol. The fraction of sp³-hybridized carbons (Fsp3) is 0.684. The van der Waals surface area contributed by atoms with E-state index in [0.29, 0.717) is 5.41 Å². The van der Waals surface area contributed by atoms with E-state index in [1.807, 2.05) is 0 Å². The van der Waals surface area contributed by atoms with E-state index in [-0.39, 0.29) is 0 Å². The average molecular weight is 306 g/mol. The van der Waals surface area contributed by atoms with Gasteiger partial charge in [0.1, 0.15) is 0 Å². The number of esters is 2. The Balaban J connectivity index is 0.000000295. The van der Waals surface area contributed by atoms with Crippen LogP contribution in [-0.4, -0.2) is 11.9 Å². The predicted octanol–water partition coefficient (Wildman–Crippen LogP) is 4.82. The molecule has 2 rings (SSSR count). The molecule has 1 fully saturated rings. The van der Waals surface area contributed by atoms with Crippen molar-refractivity contribution < 1.29 is 14.3 Å². The lowest BCUT2D eigenvalue weighted by Gasteiger charge is -2.53. The zero-order valence-electron chi connectivity index (χ0n) is 14.7. The number of hydrogen-bond donors (Lipinski definition) is 0. The summed E-state index contributed by atoms with van der Waals surface area (Å²) in [7, 11) is 0. The molecule has 1 saturated carbocycles. The standard InChI is InChI=1S/C15H24.C4H6O3/c1-11-6-5-7-12(2)13-10-15(3,4)14(13)9-8-11;1-3(5)7-4(2)6/h6,13-14H,2,5,7-10H2,1,3-4H3;1-2H3/b11-6-;/t13-,14-;/m1./s1. The summed E-state index contributed by atoms with van der Waals surface area (Å²) in [5, 5.41) is 0. The molecule has 124 valence electrons. The molecule has 0 aromatic carbocycles. The highest BCUT2D eigenvalue weighted by Crippen LogP contribution is 2.56. The number of carbonyl (C=O) groups is 2. The maximum atomic E-state index is 9.81. The van der Waals surface area contributed by atoms with Crippen LogP contribution in [0.2, 0.25) is 0 Å². The van der Waals surface area contributed by atoms with E-state index in [1.54, 1.807) is 5.57 Å². The van der Waals surface area contributed by atoms with Gasteiger partial charge in [0.05, 0.1) is 0 Å². The van der Waals surface area contributed by atoms with Crippen LogP contribution in [0.1, 0.15) is 66.7 Å². The molecule has 0 aromatic heterocycles. The van der Waals surface area contributed by atoms with Gasteiger partial charge in [0, 0.05) is 13.8 Å². The Morgan fingerprint density at radius 2 is 1.82 bits per heavy atom. The number of fused-ring (bicyclic) bond motifs is 1. The second-order valence-corrected chi connectivity index (χ2v) is 7.28. The lowest BCUT2D eigenvalue weighted by molar-refractivity contribution is -0.156. The number of allylic oxidation sites excluding steroid dienone is 3. The highest BCUT2D eigenvalue weighted by Gasteiger charge is 2.47. The summed E-state index contributed by atoms with van der Waals surface area (Å²) in [6.45, 7) is 13.8. The fourth-order valence-electron chi connectivity index (χ4n) is 3.64. The molecule has 0 aromatic rings. The quantitative estimate of drug-likeness (QED) is 0.366. The van der Waals surface area contributed by atoms with Crippen molar-refractivity contribution in [2.75, 3.05) is 0 Å². The summed E-state index contributed by atoms with van der Waals surface area (Å²) < 4.78 is 3.97. The zero-order chi connectivity index (χ0) is 16.9. The minimum Gasteiger partial charge on any atom is -0.394 e. The maximum absolute atomic E-state index is 9.81. The van der Waals surface area contributed by atoms with Crippen molar-refractivity contribution in [3.63, 3.8) is 0 Å². The Morgan fingerprint density at radius 3 is 2.27 bits per heavy atom. The SMILES string of the molecule is C=C1CC/C=C(/C)CC[C@@H]2[C@@H]1CC2(C)C.CC(=O)OC(C)=O. The minimum atomic E-state index is -0.562. The second kappa shape index (κ2) is 7.75. The first kappa shape index (κ1) is 18.7. The van der Waals surface area contributed by atoms with Crippen LogP contribution >= 0.6 is 0 Å². The molecule has 0 radical (unpaired) electrons. The summed E-state index contributed by atoms with van der Waals surface area (Å²) in [4.78, 5) is 19.6. The van der Waals surface area contributed by atoms with E-state index in [4.69, 9.17) is 0 Å². The topological polar surface area (TPSA) is 43.4 Å². The Bertz CT molecular complexity index is 459. The molecule has 3 nitrogen and oxygen atoms in total. The van der Waals surface area contributed by atoms with Crippen molar-refractivity contribution in [1.29, 1.82) is 0 Å². The monoisotopic (exact) mass is 306 g/mol. The molecule has 0 bridgehead atoms. The highest BCUT2D eigenvalue weighted by molar-refractivity contribution is 5.82. The van der Waals surface area contributed by atoms with Crippen molar-refractivity contribution in [3.8, 4) is 0 Å². The van der Waals surface area contributed by atoms with E-state index in [1.165, 1.54) is 51.5 Å². The average Bonchev–Trinajstić information content (AvgIpc) is 2.39. The Morgan fingerprint density at radius 1 is 1.23 bits per heavy atom. The molecular formula is C19H30O3. The van der Waals surface area contributed by atoms with Gasteiger partial charge >= 0.3 is 11.9 Å². The minimum absolute atomic E-state index is 0.562. The summed E-state index contributed by atoms with van der Waals surface area (Å²) >= 11 is 0. The molecule has 2 atom stereocenters. The molecule has 0 amide bonds. The van der Waals surface area contributed by atoms with E-state index in [0.717, 1.165) is 11.8 Å². The van der Waals surface area contributed by atoms with Gasteiger partial charge < -0.3 is 4.74 Å². The Labute approximate surface area is 134 Å². The molecule has 0 unspecified atom stereocenters. The third-order valence-corrected chi connectivity index (χ3v) is 4.86. The molecule has 0 N–H and O–H groups in total. The smallest absolute Gasteiger partial charge is 0.310 e. The van der Waals surface area contributed by atoms with Gasteiger partial charge in [-0.2, -0.15) is 0 Å². The first-order valence-electron chi connectivity index (χ1n) is 8.15. The summed E-state index contributed by atoms with van der Waals surface area (Å²) in [6.07, 6.45) is 8.90. The largest absolute Gasteiger partial charge is 0.394 e. The van der Waals surface area contributed by atoms with Crippen LogP contribution < -0.4 is 0 Å². The van der Waals surface area contributed by atoms with Gasteiger partial charge in [-0.3, -0.25) is 9.59 Å². The van der Waals surface area contributed by atoms with Crippen molar-refractivity contribution in [3.05, 3.63) is 23.8 Å². The predicted molar refractivity (Wildman–Crippen MR) is 89.2 cm³/mol. The van der Waals surface area contributed by atoms with Crippen LogP contribution in [0.15, 0.2) is 23.8 Å². The van der Waals surface area contributed by atoms with Crippen molar-refractivity contribution in [2.45, 2.75) is 66.7 Å². The summed E-state index contributed by atoms with van der Waals surface area (Å²) in [5.74, 6) is 0.603. The van der Waals surface area contributed by atoms with Gasteiger partial charge in [-0.1, -0.05) is 37.6 Å². The van der Waals surface area contributed by atoms with E-state index in [2.05, 4.69) is 38.2 Å². The number of carbonyl (C=O) groups excluding carboxylic acids is 2. The molecule has 0 heterocycles. The third kappa shape index (κ3) is 5.43. The number of ether oxygens (including phenoxy) is 1. The maximum Gasteiger partial charge on any atom is 0.310 e. The number of hydrogen-bond acceptors (Lipinski definition) is 3. The van der Waals surface area contributed by atoms with Gasteiger partial charge in [-0.05, 0) is 56.3 Å². The van der Waals surface area contributed by atoms with Gasteiger partial charge in [0.25, 0.3) is 0 Å². The molecule has 22 heavy (non-hydrogen) atoms. The van der Waals surface area contributed by atoms with Crippen LogP contribution in [0.5, 0.6) is 0 Å². The van der Waals surface area contributed by atoms with Crippen molar-refractivity contribution in [2.24, 2.45) is 17.3 Å². The van der Waals surface area contributed by atoms with Gasteiger partial charge in [0.2, 0.25) is 0 Å². The normalized spacial score (nSPS) is 29.0. The van der Waals surface area contributed by atoms with Gasteiger partial charge in [-0.15, -0.1) is 0 Å². The summed E-state index contributed by atoms with van der Waals surface area (Å²) in [6, 6.07) is 0. The Hall–Kier alpha value is -1.38. The fourth-order valence-corrected chi connectivity index (χ4v) is 3.64. The van der Waals surface area contributed by atoms with Gasteiger partial charge in [0.15, 0.2) is 0 Å². The van der Waals surface area contributed by atoms with Crippen LogP contribution in [-0.2, 0) is 14.3 Å².